The van der Waals surface area contributed by atoms with E-state index in [1.54, 1.807) is 0 Å². The molecule has 0 amide bonds. The average Bonchev–Trinajstić information content (AvgIpc) is 2.81. The molecule has 0 bridgehead atoms. The number of fused-ring (bicyclic) bond motifs is 1. The molecule has 3 atom stereocenters. The summed E-state index contributed by atoms with van der Waals surface area (Å²) in [5.41, 5.74) is 0.926. The minimum absolute atomic E-state index is 0.182. The van der Waals surface area contributed by atoms with Crippen molar-refractivity contribution >= 4 is 27.7 Å². The van der Waals surface area contributed by atoms with Crippen molar-refractivity contribution in [3.8, 4) is 5.75 Å². The first kappa shape index (κ1) is 11.9. The van der Waals surface area contributed by atoms with Crippen LogP contribution < -0.4 is 4.74 Å². The highest BCUT2D eigenvalue weighted by molar-refractivity contribution is 9.10. The molecule has 0 aromatic heterocycles. The largest absolute Gasteiger partial charge is 0.490 e. The van der Waals surface area contributed by atoms with Crippen LogP contribution in [-0.4, -0.2) is 22.7 Å². The molecule has 2 heterocycles. The highest BCUT2D eigenvalue weighted by Crippen LogP contribution is 2.41. The molecule has 4 heteroatoms. The van der Waals surface area contributed by atoms with Gasteiger partial charge in [-0.25, -0.2) is 0 Å². The first-order chi connectivity index (χ1) is 8.24. The number of thioether (sulfide) groups is 1. The molecule has 0 spiro atoms. The molecule has 2 aliphatic heterocycles. The Labute approximate surface area is 114 Å². The fourth-order valence-electron chi connectivity index (χ4n) is 2.58. The Bertz CT molecular complexity index is 418. The van der Waals surface area contributed by atoms with Gasteiger partial charge in [0.25, 0.3) is 0 Å². The molecule has 3 rings (SSSR count). The van der Waals surface area contributed by atoms with Crippen molar-refractivity contribution < 1.29 is 9.84 Å². The standard InChI is InChI=1S/C13H15BrO2S/c14-9-1-2-10-11(15)6-12(16-13(10)5-9)8-3-4-17-7-8/h1-2,5,8,11-12,15H,3-4,6-7H2/t8?,11-,12?/m1/s1. The molecule has 0 aliphatic carbocycles. The molecule has 0 radical (unpaired) electrons. The van der Waals surface area contributed by atoms with Crippen LogP contribution in [0.3, 0.4) is 0 Å². The highest BCUT2D eigenvalue weighted by atomic mass is 79.9. The van der Waals surface area contributed by atoms with Crippen LogP contribution in [0.5, 0.6) is 5.75 Å². The van der Waals surface area contributed by atoms with E-state index in [0.717, 1.165) is 22.2 Å². The lowest BCUT2D eigenvalue weighted by atomic mass is 9.91. The molecule has 1 aromatic carbocycles. The molecule has 1 N–H and O–H groups in total. The number of halogens is 1. The van der Waals surface area contributed by atoms with Crippen molar-refractivity contribution in [2.45, 2.75) is 25.0 Å². The Kier molecular flexibility index (Phi) is 3.37. The highest BCUT2D eigenvalue weighted by Gasteiger charge is 2.34. The zero-order valence-corrected chi connectivity index (χ0v) is 11.8. The Morgan fingerprint density at radius 3 is 3.06 bits per heavy atom. The van der Waals surface area contributed by atoms with E-state index in [-0.39, 0.29) is 12.2 Å². The van der Waals surface area contributed by atoms with Crippen LogP contribution in [0, 0.1) is 5.92 Å². The number of rotatable bonds is 1. The van der Waals surface area contributed by atoms with E-state index in [1.807, 2.05) is 30.0 Å². The molecule has 2 nitrogen and oxygen atoms in total. The van der Waals surface area contributed by atoms with Gasteiger partial charge in [-0.15, -0.1) is 0 Å². The smallest absolute Gasteiger partial charge is 0.126 e. The van der Waals surface area contributed by atoms with E-state index in [4.69, 9.17) is 4.74 Å². The fraction of sp³-hybridized carbons (Fsp3) is 0.538. The number of aliphatic hydroxyl groups excluding tert-OH is 1. The van der Waals surface area contributed by atoms with E-state index in [0.29, 0.717) is 5.92 Å². The number of aliphatic hydroxyl groups is 1. The Morgan fingerprint density at radius 1 is 1.41 bits per heavy atom. The third-order valence-corrected chi connectivity index (χ3v) is 5.24. The minimum Gasteiger partial charge on any atom is -0.490 e. The van der Waals surface area contributed by atoms with Gasteiger partial charge < -0.3 is 9.84 Å². The third-order valence-electron chi connectivity index (χ3n) is 3.56. The maximum Gasteiger partial charge on any atom is 0.126 e. The van der Waals surface area contributed by atoms with E-state index in [9.17, 15) is 5.11 Å². The van der Waals surface area contributed by atoms with Gasteiger partial charge in [0.1, 0.15) is 11.9 Å². The molecular formula is C13H15BrO2S. The van der Waals surface area contributed by atoms with E-state index in [2.05, 4.69) is 15.9 Å². The summed E-state index contributed by atoms with van der Waals surface area (Å²) >= 11 is 5.44. The lowest BCUT2D eigenvalue weighted by Crippen LogP contribution is -2.32. The van der Waals surface area contributed by atoms with Crippen molar-refractivity contribution in [1.29, 1.82) is 0 Å². The molecule has 1 fully saturated rings. The van der Waals surface area contributed by atoms with E-state index >= 15 is 0 Å². The lowest BCUT2D eigenvalue weighted by molar-refractivity contribution is 0.0402. The summed E-state index contributed by atoms with van der Waals surface area (Å²) in [7, 11) is 0. The second-order valence-corrected chi connectivity index (χ2v) is 6.78. The predicted octanol–water partition coefficient (Wildman–Crippen LogP) is 3.39. The van der Waals surface area contributed by atoms with Gasteiger partial charge in [-0.1, -0.05) is 22.0 Å². The van der Waals surface area contributed by atoms with Crippen LogP contribution in [-0.2, 0) is 0 Å². The second kappa shape index (κ2) is 4.82. The molecule has 1 saturated heterocycles. The fourth-order valence-corrected chi connectivity index (χ4v) is 4.24. The first-order valence-electron chi connectivity index (χ1n) is 5.96. The Balaban J connectivity index is 1.85. The number of ether oxygens (including phenoxy) is 1. The first-order valence-corrected chi connectivity index (χ1v) is 7.91. The van der Waals surface area contributed by atoms with Crippen LogP contribution >= 0.6 is 27.7 Å². The normalized spacial score (nSPS) is 32.0. The number of benzene rings is 1. The van der Waals surface area contributed by atoms with Crippen molar-refractivity contribution in [3.63, 3.8) is 0 Å². The van der Waals surface area contributed by atoms with Gasteiger partial charge in [0, 0.05) is 22.4 Å². The minimum atomic E-state index is -0.373. The van der Waals surface area contributed by atoms with E-state index in [1.165, 1.54) is 17.9 Å². The molecule has 2 aliphatic rings. The second-order valence-electron chi connectivity index (χ2n) is 4.71. The molecule has 92 valence electrons. The van der Waals surface area contributed by atoms with Gasteiger partial charge in [-0.05, 0) is 30.1 Å². The average molecular weight is 315 g/mol. The van der Waals surface area contributed by atoms with Crippen LogP contribution in [0.25, 0.3) is 0 Å². The zero-order valence-electron chi connectivity index (χ0n) is 9.43. The van der Waals surface area contributed by atoms with Gasteiger partial charge in [-0.3, -0.25) is 0 Å². The summed E-state index contributed by atoms with van der Waals surface area (Å²) in [5.74, 6) is 3.84. The maximum atomic E-state index is 10.2. The summed E-state index contributed by atoms with van der Waals surface area (Å²) in [6.07, 6.45) is 1.76. The molecule has 0 saturated carbocycles. The van der Waals surface area contributed by atoms with Gasteiger partial charge in [-0.2, -0.15) is 11.8 Å². The van der Waals surface area contributed by atoms with Gasteiger partial charge in [0.2, 0.25) is 0 Å². The van der Waals surface area contributed by atoms with Crippen molar-refractivity contribution in [3.05, 3.63) is 28.2 Å². The quantitative estimate of drug-likeness (QED) is 0.861. The summed E-state index contributed by atoms with van der Waals surface area (Å²) in [5, 5.41) is 10.2. The van der Waals surface area contributed by atoms with E-state index < -0.39 is 0 Å². The van der Waals surface area contributed by atoms with Gasteiger partial charge >= 0.3 is 0 Å². The number of hydrogen-bond acceptors (Lipinski definition) is 3. The SMILES string of the molecule is O[C@@H]1CC(C2CCSC2)Oc2cc(Br)ccc21. The molecular weight excluding hydrogens is 300 g/mol. The monoisotopic (exact) mass is 314 g/mol. The number of hydrogen-bond donors (Lipinski definition) is 1. The van der Waals surface area contributed by atoms with Crippen LogP contribution in [0.1, 0.15) is 24.5 Å². The summed E-state index contributed by atoms with van der Waals surface area (Å²) < 4.78 is 7.07. The van der Waals surface area contributed by atoms with Crippen LogP contribution in [0.4, 0.5) is 0 Å². The van der Waals surface area contributed by atoms with Crippen molar-refractivity contribution in [2.24, 2.45) is 5.92 Å². The summed E-state index contributed by atoms with van der Waals surface area (Å²) in [6.45, 7) is 0. The van der Waals surface area contributed by atoms with Crippen molar-refractivity contribution in [2.75, 3.05) is 11.5 Å². The predicted molar refractivity (Wildman–Crippen MR) is 73.6 cm³/mol. The topological polar surface area (TPSA) is 29.5 Å². The lowest BCUT2D eigenvalue weighted by Gasteiger charge is -2.33. The zero-order chi connectivity index (χ0) is 11.8. The molecule has 2 unspecified atom stereocenters. The van der Waals surface area contributed by atoms with Crippen LogP contribution in [0.15, 0.2) is 22.7 Å². The van der Waals surface area contributed by atoms with Crippen molar-refractivity contribution in [1.82, 2.24) is 0 Å². The van der Waals surface area contributed by atoms with Crippen LogP contribution in [0.2, 0.25) is 0 Å². The third kappa shape index (κ3) is 2.35. The van der Waals surface area contributed by atoms with Gasteiger partial charge in [0.15, 0.2) is 0 Å². The summed E-state index contributed by atoms with van der Waals surface area (Å²) in [4.78, 5) is 0. The Morgan fingerprint density at radius 2 is 2.29 bits per heavy atom. The molecule has 17 heavy (non-hydrogen) atoms. The molecule has 1 aromatic rings. The Hall–Kier alpha value is -0.190. The van der Waals surface area contributed by atoms with Gasteiger partial charge in [0.05, 0.1) is 6.10 Å². The maximum absolute atomic E-state index is 10.2. The summed E-state index contributed by atoms with van der Waals surface area (Å²) in [6, 6.07) is 5.87.